The van der Waals surface area contributed by atoms with Crippen molar-refractivity contribution in [2.24, 2.45) is 0 Å². The maximum Gasteiger partial charge on any atom is 0.321 e. The molecule has 1 atom stereocenters. The van der Waals surface area contributed by atoms with Crippen LogP contribution in [0.4, 0.5) is 0 Å². The molecule has 8 heteroatoms. The summed E-state index contributed by atoms with van der Waals surface area (Å²) in [5.41, 5.74) is 0.502. The summed E-state index contributed by atoms with van der Waals surface area (Å²) in [4.78, 5) is 10.9. The van der Waals surface area contributed by atoms with Gasteiger partial charge in [-0.25, -0.2) is 13.1 Å². The Kier molecular flexibility index (Phi) is 5.64. The summed E-state index contributed by atoms with van der Waals surface area (Å²) >= 11 is 0. The number of nitriles is 1. The highest BCUT2D eigenvalue weighted by Gasteiger charge is 2.24. The van der Waals surface area contributed by atoms with Crippen molar-refractivity contribution in [3.05, 3.63) is 35.4 Å². The van der Waals surface area contributed by atoms with Crippen LogP contribution in [0.15, 0.2) is 24.3 Å². The molecule has 20 heavy (non-hydrogen) atoms. The molecule has 0 saturated heterocycles. The van der Waals surface area contributed by atoms with Crippen molar-refractivity contribution in [2.45, 2.75) is 18.2 Å². The first-order chi connectivity index (χ1) is 9.39. The van der Waals surface area contributed by atoms with Crippen LogP contribution < -0.4 is 4.72 Å². The predicted molar refractivity (Wildman–Crippen MR) is 70.0 cm³/mol. The maximum atomic E-state index is 11.9. The van der Waals surface area contributed by atoms with E-state index in [-0.39, 0.29) is 17.5 Å². The molecule has 0 aliphatic heterocycles. The zero-order chi connectivity index (χ0) is 15.2. The average molecular weight is 298 g/mol. The topological polar surface area (TPSA) is 127 Å². The number of carbonyl (C=O) groups is 1. The number of nitrogens with one attached hydrogen (secondary N) is 1. The van der Waals surface area contributed by atoms with E-state index >= 15 is 0 Å². The second-order valence-electron chi connectivity index (χ2n) is 4.05. The molecule has 0 bridgehead atoms. The largest absolute Gasteiger partial charge is 0.480 e. The lowest BCUT2D eigenvalue weighted by Gasteiger charge is -2.14. The number of benzene rings is 1. The molecule has 0 radical (unpaired) electrons. The van der Waals surface area contributed by atoms with Crippen LogP contribution >= 0.6 is 0 Å². The van der Waals surface area contributed by atoms with Crippen LogP contribution in [0.25, 0.3) is 0 Å². The minimum absolute atomic E-state index is 0.215. The van der Waals surface area contributed by atoms with Gasteiger partial charge < -0.3 is 10.2 Å². The third-order valence-electron chi connectivity index (χ3n) is 2.52. The molecule has 1 aromatic carbocycles. The molecule has 7 nitrogen and oxygen atoms in total. The van der Waals surface area contributed by atoms with Gasteiger partial charge >= 0.3 is 5.97 Å². The molecular weight excluding hydrogens is 284 g/mol. The van der Waals surface area contributed by atoms with Gasteiger partial charge in [-0.05, 0) is 18.1 Å². The highest BCUT2D eigenvalue weighted by molar-refractivity contribution is 7.88. The minimum atomic E-state index is -3.93. The summed E-state index contributed by atoms with van der Waals surface area (Å²) in [7, 11) is -3.93. The highest BCUT2D eigenvalue weighted by atomic mass is 32.2. The first-order valence-corrected chi connectivity index (χ1v) is 7.36. The van der Waals surface area contributed by atoms with Gasteiger partial charge in [0.1, 0.15) is 6.04 Å². The summed E-state index contributed by atoms with van der Waals surface area (Å²) in [6, 6.07) is 6.64. The Morgan fingerprint density at radius 2 is 2.05 bits per heavy atom. The third-order valence-corrected chi connectivity index (χ3v) is 3.86. The molecule has 0 saturated carbocycles. The van der Waals surface area contributed by atoms with E-state index in [2.05, 4.69) is 0 Å². The van der Waals surface area contributed by atoms with Crippen molar-refractivity contribution in [1.82, 2.24) is 4.72 Å². The first kappa shape index (κ1) is 16.1. The molecule has 0 amide bonds. The van der Waals surface area contributed by atoms with Crippen LogP contribution in [0.3, 0.4) is 0 Å². The molecule has 0 aliphatic carbocycles. The second-order valence-corrected chi connectivity index (χ2v) is 5.80. The Morgan fingerprint density at radius 1 is 1.40 bits per heavy atom. The number of nitrogens with zero attached hydrogens (tertiary/aromatic N) is 1. The van der Waals surface area contributed by atoms with Crippen molar-refractivity contribution < 1.29 is 23.4 Å². The van der Waals surface area contributed by atoms with E-state index in [1.807, 2.05) is 10.8 Å². The molecular formula is C12H14N2O5S. The molecule has 108 valence electrons. The fraction of sp³-hybridized carbons (Fsp3) is 0.333. The predicted octanol–water partition coefficient (Wildman–Crippen LogP) is -0.187. The fourth-order valence-electron chi connectivity index (χ4n) is 1.58. The van der Waals surface area contributed by atoms with Crippen molar-refractivity contribution >= 4 is 16.0 Å². The molecule has 0 heterocycles. The number of aliphatic carboxylic acids is 1. The van der Waals surface area contributed by atoms with Gasteiger partial charge in [0.25, 0.3) is 0 Å². The number of sulfonamides is 1. The fourth-order valence-corrected chi connectivity index (χ4v) is 2.98. The van der Waals surface area contributed by atoms with Gasteiger partial charge in [0, 0.05) is 6.61 Å². The summed E-state index contributed by atoms with van der Waals surface area (Å²) in [6.45, 7) is -0.450. The molecule has 0 aromatic heterocycles. The van der Waals surface area contributed by atoms with Gasteiger partial charge in [-0.15, -0.1) is 0 Å². The molecule has 3 N–H and O–H groups in total. The normalized spacial score (nSPS) is 12.6. The van der Waals surface area contributed by atoms with Gasteiger partial charge in [-0.2, -0.15) is 5.26 Å². The highest BCUT2D eigenvalue weighted by Crippen LogP contribution is 2.11. The van der Waals surface area contributed by atoms with Crippen molar-refractivity contribution in [2.75, 3.05) is 6.61 Å². The van der Waals surface area contributed by atoms with E-state index in [4.69, 9.17) is 15.5 Å². The third kappa shape index (κ3) is 4.62. The Morgan fingerprint density at radius 3 is 2.60 bits per heavy atom. The van der Waals surface area contributed by atoms with Crippen LogP contribution in [0.5, 0.6) is 0 Å². The number of carboxylic acid groups (broad SMARTS) is 1. The lowest BCUT2D eigenvalue weighted by molar-refractivity contribution is -0.139. The number of aliphatic hydroxyl groups is 1. The van der Waals surface area contributed by atoms with E-state index in [0.717, 1.165) is 0 Å². The van der Waals surface area contributed by atoms with Crippen LogP contribution in [-0.4, -0.2) is 37.2 Å². The Balaban J connectivity index is 2.90. The van der Waals surface area contributed by atoms with E-state index in [1.54, 1.807) is 12.1 Å². The standard InChI is InChI=1S/C12H14N2O5S/c13-7-9-3-1-2-4-10(9)8-20(18,19)14-11(5-6-15)12(16)17/h1-4,11,14-15H,5-6,8H2,(H,16,17). The Hall–Kier alpha value is -1.95. The Labute approximate surface area is 116 Å². The van der Waals surface area contributed by atoms with Crippen molar-refractivity contribution in [3.63, 3.8) is 0 Å². The molecule has 0 aliphatic rings. The zero-order valence-electron chi connectivity index (χ0n) is 10.5. The summed E-state index contributed by atoms with van der Waals surface area (Å²) in [5, 5.41) is 26.4. The summed E-state index contributed by atoms with van der Waals surface area (Å²) in [6.07, 6.45) is -0.228. The number of carboxylic acids is 1. The van der Waals surface area contributed by atoms with Crippen LogP contribution in [0, 0.1) is 11.3 Å². The van der Waals surface area contributed by atoms with Gasteiger partial charge in [-0.3, -0.25) is 4.79 Å². The number of hydrogen-bond acceptors (Lipinski definition) is 5. The quantitative estimate of drug-likeness (QED) is 0.640. The molecule has 0 fully saturated rings. The summed E-state index contributed by atoms with van der Waals surface area (Å²) < 4.78 is 25.8. The van der Waals surface area contributed by atoms with Crippen molar-refractivity contribution in [1.29, 1.82) is 5.26 Å². The van der Waals surface area contributed by atoms with E-state index in [0.29, 0.717) is 0 Å². The first-order valence-electron chi connectivity index (χ1n) is 5.71. The Bertz CT molecular complexity index is 621. The van der Waals surface area contributed by atoms with Gasteiger partial charge in [0.05, 0.1) is 17.4 Å². The lowest BCUT2D eigenvalue weighted by atomic mass is 10.1. The molecule has 0 spiro atoms. The van der Waals surface area contributed by atoms with E-state index < -0.39 is 34.4 Å². The molecule has 1 unspecified atom stereocenters. The van der Waals surface area contributed by atoms with Crippen molar-refractivity contribution in [3.8, 4) is 6.07 Å². The second kappa shape index (κ2) is 7.00. The molecule has 1 aromatic rings. The monoisotopic (exact) mass is 298 g/mol. The maximum absolute atomic E-state index is 11.9. The number of aliphatic hydroxyl groups excluding tert-OH is 1. The van der Waals surface area contributed by atoms with Crippen LogP contribution in [0.1, 0.15) is 17.5 Å². The smallest absolute Gasteiger partial charge is 0.321 e. The van der Waals surface area contributed by atoms with Gasteiger partial charge in [0.15, 0.2) is 0 Å². The molecule has 1 rings (SSSR count). The van der Waals surface area contributed by atoms with Gasteiger partial charge in [-0.1, -0.05) is 18.2 Å². The zero-order valence-corrected chi connectivity index (χ0v) is 11.3. The van der Waals surface area contributed by atoms with Crippen LogP contribution in [0.2, 0.25) is 0 Å². The minimum Gasteiger partial charge on any atom is -0.480 e. The van der Waals surface area contributed by atoms with E-state index in [1.165, 1.54) is 12.1 Å². The number of rotatable bonds is 7. The average Bonchev–Trinajstić information content (AvgIpc) is 2.38. The number of hydrogen-bond donors (Lipinski definition) is 3. The summed E-state index contributed by atoms with van der Waals surface area (Å²) in [5.74, 6) is -1.86. The van der Waals surface area contributed by atoms with Gasteiger partial charge in [0.2, 0.25) is 10.0 Å². The van der Waals surface area contributed by atoms with E-state index in [9.17, 15) is 13.2 Å². The van der Waals surface area contributed by atoms with Crippen LogP contribution in [-0.2, 0) is 20.6 Å². The lowest BCUT2D eigenvalue weighted by Crippen LogP contribution is -2.41. The SMILES string of the molecule is N#Cc1ccccc1CS(=O)(=O)NC(CCO)C(=O)O.